The van der Waals surface area contributed by atoms with Crippen LogP contribution in [-0.4, -0.2) is 0 Å². The van der Waals surface area contributed by atoms with E-state index in [1.54, 1.807) is 0 Å². The van der Waals surface area contributed by atoms with Crippen LogP contribution >= 0.6 is 0 Å². The molecule has 1 aliphatic carbocycles. The maximum absolute atomic E-state index is 4.25. The van der Waals surface area contributed by atoms with Crippen LogP contribution in [0.1, 0.15) is 54.2 Å². The monoisotopic (exact) mass is 553 g/mol. The molecule has 6 aromatic rings. The van der Waals surface area contributed by atoms with Gasteiger partial charge < -0.3 is 4.90 Å². The Morgan fingerprint density at radius 3 is 1.60 bits per heavy atom. The summed E-state index contributed by atoms with van der Waals surface area (Å²) in [5.41, 5.74) is 13.4. The smallest absolute Gasteiger partial charge is 0.0754 e. The molecule has 0 bridgehead atoms. The Hall–Kier alpha value is -5.14. The summed E-state index contributed by atoms with van der Waals surface area (Å²) >= 11 is 0. The van der Waals surface area contributed by atoms with Crippen LogP contribution in [0.4, 0.5) is 17.1 Å². The highest BCUT2D eigenvalue weighted by Gasteiger charge is 2.51. The fraction of sp³-hybridized carbons (Fsp3) is 0.0952. The molecule has 1 aliphatic heterocycles. The summed E-state index contributed by atoms with van der Waals surface area (Å²) in [5.74, 6) is 0. The summed E-state index contributed by atoms with van der Waals surface area (Å²) in [5, 5.41) is 2.42. The quantitative estimate of drug-likeness (QED) is 0.210. The number of nitrogens with zero attached hydrogens (tertiary/aromatic N) is 1. The van der Waals surface area contributed by atoms with E-state index in [4.69, 9.17) is 0 Å². The van der Waals surface area contributed by atoms with Gasteiger partial charge in [-0.15, -0.1) is 0 Å². The van der Waals surface area contributed by atoms with Crippen LogP contribution in [0.3, 0.4) is 0 Å². The fourth-order valence-electron chi connectivity index (χ4n) is 7.44. The number of benzene rings is 6. The number of rotatable bonds is 3. The molecular weight excluding hydrogens is 518 g/mol. The zero-order valence-electron chi connectivity index (χ0n) is 25.0. The van der Waals surface area contributed by atoms with Crippen LogP contribution in [0.5, 0.6) is 0 Å². The Morgan fingerprint density at radius 2 is 1.05 bits per heavy atom. The molecule has 208 valence electrons. The van der Waals surface area contributed by atoms with Gasteiger partial charge in [-0.1, -0.05) is 148 Å². The molecule has 1 nitrogen and oxygen atoms in total. The molecule has 8 rings (SSSR count). The maximum Gasteiger partial charge on any atom is 0.0754 e. The first-order chi connectivity index (χ1) is 21.3. The summed E-state index contributed by atoms with van der Waals surface area (Å²) in [6.45, 7) is 10.3. The highest BCUT2D eigenvalue weighted by atomic mass is 15.2. The summed E-state index contributed by atoms with van der Waals surface area (Å²) in [7, 11) is 0. The Balaban J connectivity index is 0.00000147. The molecule has 1 heteroatoms. The number of fused-ring (bicyclic) bond motifs is 10. The number of hydrogen-bond acceptors (Lipinski definition) is 1. The third-order valence-electron chi connectivity index (χ3n) is 8.94. The molecule has 0 N–H and O–H groups in total. The van der Waals surface area contributed by atoms with Crippen molar-refractivity contribution < 1.29 is 0 Å². The predicted octanol–water partition coefficient (Wildman–Crippen LogP) is 11.7. The van der Waals surface area contributed by atoms with Gasteiger partial charge in [0.05, 0.1) is 22.5 Å². The van der Waals surface area contributed by atoms with Crippen molar-refractivity contribution in [2.45, 2.75) is 26.2 Å². The molecule has 6 aromatic carbocycles. The zero-order valence-corrected chi connectivity index (χ0v) is 25.0. The van der Waals surface area contributed by atoms with E-state index in [-0.39, 0.29) is 0 Å². The Kier molecular flexibility index (Phi) is 6.59. The van der Waals surface area contributed by atoms with Crippen molar-refractivity contribution in [2.75, 3.05) is 4.90 Å². The Morgan fingerprint density at radius 1 is 0.558 bits per heavy atom. The lowest BCUT2D eigenvalue weighted by Crippen LogP contribution is -2.36. The summed E-state index contributed by atoms with van der Waals surface area (Å²) in [6, 6.07) is 46.9. The molecule has 0 saturated carbocycles. The van der Waals surface area contributed by atoms with Crippen LogP contribution in [0.25, 0.3) is 34.1 Å². The lowest BCUT2D eigenvalue weighted by Gasteiger charge is -2.45. The molecule has 0 radical (unpaired) electrons. The van der Waals surface area contributed by atoms with Crippen molar-refractivity contribution in [2.24, 2.45) is 0 Å². The molecule has 43 heavy (non-hydrogen) atoms. The standard InChI is InChI=1S/C40H29N.C2H6/c1-3-15-32-28(4-2)29-17-6-5-16-27(29)26-39(32)41-37-24-13-11-22-35(37)40(36-23-12-14-25-38(36)41)33-20-9-7-18-30(33)31-19-8-10-21-34(31)40;1-2/h3-26H,2H2,1H3;1-2H3/b15-3-;. The molecule has 1 heterocycles. The first-order valence-corrected chi connectivity index (χ1v) is 15.3. The van der Waals surface area contributed by atoms with Crippen molar-refractivity contribution in [3.63, 3.8) is 0 Å². The number of para-hydroxylation sites is 2. The number of anilines is 3. The summed E-state index contributed by atoms with van der Waals surface area (Å²) in [6.07, 6.45) is 6.37. The molecule has 0 amide bonds. The molecule has 1 spiro atoms. The topological polar surface area (TPSA) is 3.24 Å². The van der Waals surface area contributed by atoms with E-state index >= 15 is 0 Å². The van der Waals surface area contributed by atoms with E-state index in [1.807, 2.05) is 19.9 Å². The molecular formula is C42H35N. The van der Waals surface area contributed by atoms with Gasteiger partial charge in [-0.05, 0) is 74.8 Å². The molecule has 2 aliphatic rings. The van der Waals surface area contributed by atoms with Crippen molar-refractivity contribution in [1.82, 2.24) is 0 Å². The van der Waals surface area contributed by atoms with Crippen molar-refractivity contribution >= 4 is 40.0 Å². The third-order valence-corrected chi connectivity index (χ3v) is 8.94. The first kappa shape index (κ1) is 26.7. The minimum absolute atomic E-state index is 0.407. The van der Waals surface area contributed by atoms with E-state index in [2.05, 4.69) is 158 Å². The number of allylic oxidation sites excluding steroid dienone is 1. The first-order valence-electron chi connectivity index (χ1n) is 15.3. The SMILES string of the molecule is C=Cc1c(/C=C\C)c(N2c3ccccc3C3(c4ccccc4-c4ccccc43)c3ccccc32)cc2ccccc12.CC. The van der Waals surface area contributed by atoms with Gasteiger partial charge in [0.25, 0.3) is 0 Å². The number of hydrogen-bond donors (Lipinski definition) is 0. The van der Waals surface area contributed by atoms with Crippen LogP contribution in [0.2, 0.25) is 0 Å². The van der Waals surface area contributed by atoms with E-state index in [1.165, 1.54) is 61.1 Å². The minimum atomic E-state index is -0.407. The second-order valence-electron chi connectivity index (χ2n) is 10.9. The predicted molar refractivity (Wildman–Crippen MR) is 186 cm³/mol. The average molecular weight is 554 g/mol. The highest BCUT2D eigenvalue weighted by molar-refractivity contribution is 6.03. The molecule has 0 saturated heterocycles. The van der Waals surface area contributed by atoms with Crippen LogP contribution < -0.4 is 4.90 Å². The van der Waals surface area contributed by atoms with Crippen LogP contribution in [0.15, 0.2) is 140 Å². The van der Waals surface area contributed by atoms with Gasteiger partial charge in [0.1, 0.15) is 0 Å². The second-order valence-corrected chi connectivity index (χ2v) is 10.9. The van der Waals surface area contributed by atoms with Gasteiger partial charge in [0.2, 0.25) is 0 Å². The normalized spacial score (nSPS) is 13.6. The summed E-state index contributed by atoms with van der Waals surface area (Å²) < 4.78 is 0. The van der Waals surface area contributed by atoms with Crippen molar-refractivity contribution in [3.8, 4) is 11.1 Å². The lowest BCUT2D eigenvalue weighted by atomic mass is 9.64. The molecule has 0 unspecified atom stereocenters. The Bertz CT molecular complexity index is 1950. The van der Waals surface area contributed by atoms with Gasteiger partial charge in [0, 0.05) is 5.56 Å². The van der Waals surface area contributed by atoms with Crippen molar-refractivity contribution in [3.05, 3.63) is 173 Å². The van der Waals surface area contributed by atoms with E-state index in [9.17, 15) is 0 Å². The van der Waals surface area contributed by atoms with E-state index in [0.717, 1.165) is 11.3 Å². The fourth-order valence-corrected chi connectivity index (χ4v) is 7.44. The molecule has 0 fully saturated rings. The zero-order chi connectivity index (χ0) is 29.6. The highest BCUT2D eigenvalue weighted by Crippen LogP contribution is 2.63. The van der Waals surface area contributed by atoms with Gasteiger partial charge in [0.15, 0.2) is 0 Å². The largest absolute Gasteiger partial charge is 0.309 e. The average Bonchev–Trinajstić information content (AvgIpc) is 3.37. The van der Waals surface area contributed by atoms with Crippen LogP contribution in [0, 0.1) is 0 Å². The molecule has 0 atom stereocenters. The second kappa shape index (κ2) is 10.6. The van der Waals surface area contributed by atoms with Gasteiger partial charge >= 0.3 is 0 Å². The van der Waals surface area contributed by atoms with Crippen molar-refractivity contribution in [1.29, 1.82) is 0 Å². The van der Waals surface area contributed by atoms with Gasteiger partial charge in [-0.3, -0.25) is 0 Å². The molecule has 0 aromatic heterocycles. The van der Waals surface area contributed by atoms with Gasteiger partial charge in [-0.25, -0.2) is 0 Å². The maximum atomic E-state index is 4.25. The summed E-state index contributed by atoms with van der Waals surface area (Å²) in [4.78, 5) is 2.48. The minimum Gasteiger partial charge on any atom is -0.309 e. The van der Waals surface area contributed by atoms with Crippen LogP contribution in [-0.2, 0) is 5.41 Å². The lowest BCUT2D eigenvalue weighted by molar-refractivity contribution is 0.752. The third kappa shape index (κ3) is 3.64. The Labute approximate surface area is 255 Å². The van der Waals surface area contributed by atoms with E-state index < -0.39 is 5.41 Å². The van der Waals surface area contributed by atoms with E-state index in [0.29, 0.717) is 0 Å². The van der Waals surface area contributed by atoms with Gasteiger partial charge in [-0.2, -0.15) is 0 Å².